The van der Waals surface area contributed by atoms with E-state index in [9.17, 15) is 9.59 Å². The molecule has 0 radical (unpaired) electrons. The molecule has 0 aliphatic rings. The molecule has 3 aromatic carbocycles. The van der Waals surface area contributed by atoms with Crippen LogP contribution in [0.5, 0.6) is 5.75 Å². The summed E-state index contributed by atoms with van der Waals surface area (Å²) in [5.41, 5.74) is 4.04. The Bertz CT molecular complexity index is 1080. The fourth-order valence-corrected chi connectivity index (χ4v) is 3.89. The lowest BCUT2D eigenvalue weighted by atomic mass is 10.0. The Morgan fingerprint density at radius 3 is 2.09 bits per heavy atom. The van der Waals surface area contributed by atoms with Crippen LogP contribution >= 0.6 is 0 Å². The first-order chi connectivity index (χ1) is 16.9. The number of rotatable bonds is 11. The van der Waals surface area contributed by atoms with Crippen molar-refractivity contribution in [1.82, 2.24) is 10.2 Å². The van der Waals surface area contributed by atoms with Crippen LogP contribution in [0.15, 0.2) is 78.9 Å². The SMILES string of the molecule is COc1ccc(CC(=O)N(Cc2ccc(C)cc2)C(Cc2ccccc2)C(=O)NCC(C)C)cc1. The molecule has 1 atom stereocenters. The predicted octanol–water partition coefficient (Wildman–Crippen LogP) is 4.96. The van der Waals surface area contributed by atoms with Crippen LogP contribution < -0.4 is 10.1 Å². The van der Waals surface area contributed by atoms with Crippen molar-refractivity contribution in [3.8, 4) is 5.75 Å². The maximum absolute atomic E-state index is 13.7. The fraction of sp³-hybridized carbons (Fsp3) is 0.333. The molecule has 0 aliphatic carbocycles. The summed E-state index contributed by atoms with van der Waals surface area (Å²) in [6, 6.07) is 24.9. The molecule has 3 rings (SSSR count). The lowest BCUT2D eigenvalue weighted by Gasteiger charge is -2.32. The highest BCUT2D eigenvalue weighted by atomic mass is 16.5. The molecule has 2 amide bonds. The molecule has 0 saturated heterocycles. The van der Waals surface area contributed by atoms with Crippen molar-refractivity contribution in [2.45, 2.75) is 46.2 Å². The third-order valence-electron chi connectivity index (χ3n) is 5.94. The number of amides is 2. The van der Waals surface area contributed by atoms with Crippen molar-refractivity contribution in [3.63, 3.8) is 0 Å². The zero-order valence-electron chi connectivity index (χ0n) is 21.2. The van der Waals surface area contributed by atoms with E-state index in [2.05, 4.69) is 19.2 Å². The first-order valence-corrected chi connectivity index (χ1v) is 12.1. The molecule has 3 aromatic rings. The van der Waals surface area contributed by atoms with Gasteiger partial charge in [0.15, 0.2) is 0 Å². The van der Waals surface area contributed by atoms with E-state index >= 15 is 0 Å². The van der Waals surface area contributed by atoms with E-state index in [1.807, 2.05) is 85.8 Å². The van der Waals surface area contributed by atoms with E-state index in [1.54, 1.807) is 12.0 Å². The van der Waals surface area contributed by atoms with E-state index in [1.165, 1.54) is 0 Å². The van der Waals surface area contributed by atoms with Crippen LogP contribution in [-0.2, 0) is 29.0 Å². The first-order valence-electron chi connectivity index (χ1n) is 12.1. The first kappa shape index (κ1) is 26.0. The second-order valence-electron chi connectivity index (χ2n) is 9.38. The summed E-state index contributed by atoms with van der Waals surface area (Å²) >= 11 is 0. The largest absolute Gasteiger partial charge is 0.497 e. The summed E-state index contributed by atoms with van der Waals surface area (Å²) in [4.78, 5) is 28.9. The Hall–Kier alpha value is -3.60. The van der Waals surface area contributed by atoms with Gasteiger partial charge in [-0.3, -0.25) is 9.59 Å². The van der Waals surface area contributed by atoms with Gasteiger partial charge in [-0.05, 0) is 41.7 Å². The molecule has 5 nitrogen and oxygen atoms in total. The molecule has 0 aliphatic heterocycles. The molecule has 0 bridgehead atoms. The van der Waals surface area contributed by atoms with Crippen LogP contribution in [0.4, 0.5) is 0 Å². The number of carbonyl (C=O) groups is 2. The van der Waals surface area contributed by atoms with Gasteiger partial charge >= 0.3 is 0 Å². The van der Waals surface area contributed by atoms with Crippen molar-refractivity contribution in [1.29, 1.82) is 0 Å². The van der Waals surface area contributed by atoms with Gasteiger partial charge in [0.25, 0.3) is 0 Å². The predicted molar refractivity (Wildman–Crippen MR) is 140 cm³/mol. The Kier molecular flexibility index (Phi) is 9.47. The monoisotopic (exact) mass is 472 g/mol. The number of hydrogen-bond donors (Lipinski definition) is 1. The number of methoxy groups -OCH3 is 1. The molecule has 1 N–H and O–H groups in total. The van der Waals surface area contributed by atoms with Crippen molar-refractivity contribution >= 4 is 11.8 Å². The van der Waals surface area contributed by atoms with Gasteiger partial charge in [-0.2, -0.15) is 0 Å². The molecular formula is C30H36N2O3. The Labute approximate surface area is 209 Å². The third kappa shape index (κ3) is 7.99. The van der Waals surface area contributed by atoms with Crippen molar-refractivity contribution in [2.24, 2.45) is 5.92 Å². The minimum absolute atomic E-state index is 0.0867. The number of benzene rings is 3. The Balaban J connectivity index is 1.93. The number of aryl methyl sites for hydroxylation is 1. The summed E-state index contributed by atoms with van der Waals surface area (Å²) in [5, 5.41) is 3.06. The maximum atomic E-state index is 13.7. The molecule has 0 aromatic heterocycles. The average molecular weight is 473 g/mol. The number of hydrogen-bond acceptors (Lipinski definition) is 3. The van der Waals surface area contributed by atoms with Gasteiger partial charge in [0.2, 0.25) is 11.8 Å². The van der Waals surface area contributed by atoms with E-state index in [-0.39, 0.29) is 18.2 Å². The minimum Gasteiger partial charge on any atom is -0.497 e. The molecule has 35 heavy (non-hydrogen) atoms. The molecule has 0 heterocycles. The molecule has 0 spiro atoms. The quantitative estimate of drug-likeness (QED) is 0.429. The van der Waals surface area contributed by atoms with Crippen molar-refractivity contribution < 1.29 is 14.3 Å². The number of nitrogens with zero attached hydrogens (tertiary/aromatic N) is 1. The van der Waals surface area contributed by atoms with Crippen LogP contribution in [0, 0.1) is 12.8 Å². The second-order valence-corrected chi connectivity index (χ2v) is 9.38. The molecular weight excluding hydrogens is 436 g/mol. The standard InChI is InChI=1S/C30H36N2O3/c1-22(2)20-31-30(34)28(18-24-8-6-5-7-9-24)32(21-26-12-10-23(3)11-13-26)29(33)19-25-14-16-27(35-4)17-15-25/h5-17,22,28H,18-21H2,1-4H3,(H,31,34). The van der Waals surface area contributed by atoms with Gasteiger partial charge in [0.1, 0.15) is 11.8 Å². The number of ether oxygens (including phenoxy) is 1. The molecule has 1 unspecified atom stereocenters. The summed E-state index contributed by atoms with van der Waals surface area (Å²) in [6.07, 6.45) is 0.656. The second kappa shape index (κ2) is 12.7. The minimum atomic E-state index is -0.622. The van der Waals surface area contributed by atoms with Gasteiger partial charge in [-0.15, -0.1) is 0 Å². The van der Waals surface area contributed by atoms with E-state index in [0.717, 1.165) is 28.0 Å². The summed E-state index contributed by atoms with van der Waals surface area (Å²) in [5.74, 6) is 0.846. The van der Waals surface area contributed by atoms with E-state index in [4.69, 9.17) is 4.74 Å². The third-order valence-corrected chi connectivity index (χ3v) is 5.94. The van der Waals surface area contributed by atoms with E-state index < -0.39 is 6.04 Å². The summed E-state index contributed by atoms with van der Waals surface area (Å²) < 4.78 is 5.24. The van der Waals surface area contributed by atoms with Gasteiger partial charge in [0, 0.05) is 19.5 Å². The van der Waals surface area contributed by atoms with Crippen LogP contribution in [0.1, 0.15) is 36.1 Å². The highest BCUT2D eigenvalue weighted by Crippen LogP contribution is 2.18. The normalized spacial score (nSPS) is 11.7. The lowest BCUT2D eigenvalue weighted by molar-refractivity contribution is -0.140. The lowest BCUT2D eigenvalue weighted by Crippen LogP contribution is -2.51. The van der Waals surface area contributed by atoms with E-state index in [0.29, 0.717) is 25.4 Å². The Morgan fingerprint density at radius 2 is 1.49 bits per heavy atom. The van der Waals surface area contributed by atoms with Crippen molar-refractivity contribution in [3.05, 3.63) is 101 Å². The fourth-order valence-electron chi connectivity index (χ4n) is 3.89. The zero-order valence-corrected chi connectivity index (χ0v) is 21.2. The van der Waals surface area contributed by atoms with Crippen molar-refractivity contribution in [2.75, 3.05) is 13.7 Å². The van der Waals surface area contributed by atoms with Crippen LogP contribution in [0.25, 0.3) is 0 Å². The smallest absolute Gasteiger partial charge is 0.243 e. The topological polar surface area (TPSA) is 58.6 Å². The summed E-state index contributed by atoms with van der Waals surface area (Å²) in [7, 11) is 1.62. The van der Waals surface area contributed by atoms with Gasteiger partial charge in [-0.1, -0.05) is 86.1 Å². The summed E-state index contributed by atoms with van der Waals surface area (Å²) in [6.45, 7) is 7.09. The van der Waals surface area contributed by atoms with Crippen LogP contribution in [0.3, 0.4) is 0 Å². The number of nitrogens with one attached hydrogen (secondary N) is 1. The number of carbonyl (C=O) groups excluding carboxylic acids is 2. The van der Waals surface area contributed by atoms with Gasteiger partial charge < -0.3 is 15.0 Å². The van der Waals surface area contributed by atoms with Crippen LogP contribution in [-0.4, -0.2) is 36.4 Å². The van der Waals surface area contributed by atoms with Gasteiger partial charge in [-0.25, -0.2) is 0 Å². The maximum Gasteiger partial charge on any atom is 0.243 e. The molecule has 0 fully saturated rings. The molecule has 0 saturated carbocycles. The van der Waals surface area contributed by atoms with Crippen LogP contribution in [0.2, 0.25) is 0 Å². The average Bonchev–Trinajstić information content (AvgIpc) is 2.86. The zero-order chi connectivity index (χ0) is 25.2. The highest BCUT2D eigenvalue weighted by Gasteiger charge is 2.30. The Morgan fingerprint density at radius 1 is 0.857 bits per heavy atom. The molecule has 184 valence electrons. The highest BCUT2D eigenvalue weighted by molar-refractivity contribution is 5.88. The molecule has 5 heteroatoms. The van der Waals surface area contributed by atoms with Gasteiger partial charge in [0.05, 0.1) is 13.5 Å².